The number of nitrogens with zero attached hydrogens (tertiary/aromatic N) is 3. The van der Waals surface area contributed by atoms with Crippen molar-refractivity contribution in [3.05, 3.63) is 41.1 Å². The molecule has 13 heteroatoms. The average Bonchev–Trinajstić information content (AvgIpc) is 2.70. The zero-order valence-electron chi connectivity index (χ0n) is 16.7. The molecule has 0 radical (unpaired) electrons. The maximum atomic E-state index is 13.0. The topological polar surface area (TPSA) is 177 Å². The molecule has 1 aromatic heterocycles. The van der Waals surface area contributed by atoms with Gasteiger partial charge in [-0.1, -0.05) is 6.07 Å². The Morgan fingerprint density at radius 1 is 1.34 bits per heavy atom. The van der Waals surface area contributed by atoms with Crippen molar-refractivity contribution in [2.45, 2.75) is 31.5 Å². The number of aliphatic carboxylic acids is 1. The second-order valence-electron chi connectivity index (χ2n) is 6.50. The highest BCUT2D eigenvalue weighted by Gasteiger charge is 2.34. The zero-order chi connectivity index (χ0) is 24.1. The Morgan fingerprint density at radius 3 is 2.56 bits per heavy atom. The van der Waals surface area contributed by atoms with Crippen LogP contribution in [0.4, 0.5) is 24.8 Å². The molecule has 1 amide bonds. The molecule has 1 unspecified atom stereocenters. The summed E-state index contributed by atoms with van der Waals surface area (Å²) in [5, 5.41) is 21.7. The first kappa shape index (κ1) is 24.2. The number of hydrogen-bond donors (Lipinski definition) is 4. The molecule has 0 saturated carbocycles. The number of carbonyl (C=O) groups is 2. The lowest BCUT2D eigenvalue weighted by Crippen LogP contribution is -2.38. The van der Waals surface area contributed by atoms with Crippen LogP contribution >= 0.6 is 0 Å². The van der Waals surface area contributed by atoms with E-state index in [4.69, 9.17) is 16.2 Å². The average molecular weight is 452 g/mol. The number of carboxylic acid groups (broad SMARTS) is 1. The van der Waals surface area contributed by atoms with Crippen LogP contribution in [0.5, 0.6) is 5.88 Å². The van der Waals surface area contributed by atoms with Gasteiger partial charge in [-0.15, -0.1) is 0 Å². The number of nitriles is 1. The van der Waals surface area contributed by atoms with Gasteiger partial charge in [-0.05, 0) is 31.5 Å². The minimum absolute atomic E-state index is 0.101. The van der Waals surface area contributed by atoms with Gasteiger partial charge in [-0.25, -0.2) is 4.98 Å². The molecular weight excluding hydrogens is 433 g/mol. The van der Waals surface area contributed by atoms with Gasteiger partial charge in [-0.2, -0.15) is 23.4 Å². The molecule has 0 aliphatic rings. The van der Waals surface area contributed by atoms with Gasteiger partial charge in [0.05, 0.1) is 17.9 Å². The maximum absolute atomic E-state index is 13.0. The summed E-state index contributed by atoms with van der Waals surface area (Å²) >= 11 is 0. The molecule has 0 spiro atoms. The number of halogens is 3. The second-order valence-corrected chi connectivity index (χ2v) is 6.50. The lowest BCUT2D eigenvalue weighted by molar-refractivity contribution is -0.139. The summed E-state index contributed by atoms with van der Waals surface area (Å²) < 4.78 is 44.1. The summed E-state index contributed by atoms with van der Waals surface area (Å²) in [5.41, 5.74) is 9.27. The number of benzene rings is 1. The van der Waals surface area contributed by atoms with E-state index in [1.54, 1.807) is 13.0 Å². The van der Waals surface area contributed by atoms with Crippen LogP contribution in [0.2, 0.25) is 0 Å². The molecule has 1 heterocycles. The number of ether oxygens (including phenoxy) is 1. The summed E-state index contributed by atoms with van der Waals surface area (Å²) in [6.07, 6.45) is -5.17. The minimum Gasteiger partial charge on any atom is -0.481 e. The van der Waals surface area contributed by atoms with Gasteiger partial charge in [0.1, 0.15) is 23.6 Å². The molecule has 0 aliphatic heterocycles. The highest BCUT2D eigenvalue weighted by molar-refractivity contribution is 5.85. The number of aromatic nitrogens is 2. The van der Waals surface area contributed by atoms with E-state index in [1.807, 2.05) is 0 Å². The Kier molecular flexibility index (Phi) is 7.42. The minimum atomic E-state index is -4.63. The van der Waals surface area contributed by atoms with Crippen molar-refractivity contribution in [1.29, 1.82) is 5.26 Å². The monoisotopic (exact) mass is 452 g/mol. The first-order valence-electron chi connectivity index (χ1n) is 9.14. The van der Waals surface area contributed by atoms with E-state index in [9.17, 15) is 33.1 Å². The molecule has 6 N–H and O–H groups in total. The Morgan fingerprint density at radius 2 is 2.03 bits per heavy atom. The van der Waals surface area contributed by atoms with Gasteiger partial charge in [0, 0.05) is 5.69 Å². The van der Waals surface area contributed by atoms with E-state index >= 15 is 0 Å². The van der Waals surface area contributed by atoms with Gasteiger partial charge in [0.25, 0.3) is 0 Å². The Bertz CT molecular complexity index is 1050. The first-order valence-corrected chi connectivity index (χ1v) is 9.14. The van der Waals surface area contributed by atoms with E-state index in [0.717, 1.165) is 18.2 Å². The molecule has 1 aromatic carbocycles. The van der Waals surface area contributed by atoms with Gasteiger partial charge < -0.3 is 26.6 Å². The number of primary amides is 1. The van der Waals surface area contributed by atoms with Crippen molar-refractivity contribution in [2.75, 3.05) is 17.7 Å². The molecule has 170 valence electrons. The highest BCUT2D eigenvalue weighted by atomic mass is 19.4. The van der Waals surface area contributed by atoms with Crippen LogP contribution in [0.25, 0.3) is 0 Å². The number of anilines is 2. The number of nitrogens with two attached hydrogens (primary N) is 2. The van der Waals surface area contributed by atoms with E-state index in [2.05, 4.69) is 15.3 Å². The summed E-state index contributed by atoms with van der Waals surface area (Å²) in [5.74, 6) is -4.68. The first-order chi connectivity index (χ1) is 15.0. The maximum Gasteiger partial charge on any atom is 0.416 e. The van der Waals surface area contributed by atoms with Crippen LogP contribution in [0.1, 0.15) is 36.1 Å². The quantitative estimate of drug-likeness (QED) is 0.442. The molecule has 10 nitrogen and oxygen atoms in total. The number of carbonyl (C=O) groups excluding carboxylic acids is 1. The third-order valence-corrected chi connectivity index (χ3v) is 4.29. The number of hydrogen-bond acceptors (Lipinski definition) is 8. The molecule has 0 bridgehead atoms. The van der Waals surface area contributed by atoms with Gasteiger partial charge >= 0.3 is 12.1 Å². The smallest absolute Gasteiger partial charge is 0.416 e. The molecule has 32 heavy (non-hydrogen) atoms. The van der Waals surface area contributed by atoms with Crippen LogP contribution in [-0.2, 0) is 15.8 Å². The fourth-order valence-electron chi connectivity index (χ4n) is 2.87. The molecule has 2 rings (SSSR count). The van der Waals surface area contributed by atoms with E-state index < -0.39 is 42.0 Å². The third kappa shape index (κ3) is 5.75. The van der Waals surface area contributed by atoms with E-state index in [-0.39, 0.29) is 35.4 Å². The largest absolute Gasteiger partial charge is 0.481 e. The number of nitrogen functional groups attached to an aromatic ring is 1. The Balaban J connectivity index is 2.44. The molecule has 2 aromatic rings. The highest BCUT2D eigenvalue weighted by Crippen LogP contribution is 2.32. The second kappa shape index (κ2) is 9.82. The number of amides is 1. The lowest BCUT2D eigenvalue weighted by atomic mass is 9.93. The molecule has 0 fully saturated rings. The van der Waals surface area contributed by atoms with Crippen molar-refractivity contribution >= 4 is 23.5 Å². The van der Waals surface area contributed by atoms with Crippen molar-refractivity contribution < 1.29 is 32.6 Å². The van der Waals surface area contributed by atoms with Gasteiger partial charge in [-0.3, -0.25) is 9.59 Å². The van der Waals surface area contributed by atoms with E-state index in [0.29, 0.717) is 0 Å². The van der Waals surface area contributed by atoms with Crippen LogP contribution in [0.15, 0.2) is 24.3 Å². The van der Waals surface area contributed by atoms with Crippen LogP contribution in [-0.4, -0.2) is 39.6 Å². The Hall–Kier alpha value is -4.08. The van der Waals surface area contributed by atoms with Crippen molar-refractivity contribution in [3.8, 4) is 11.9 Å². The van der Waals surface area contributed by atoms with E-state index in [1.165, 1.54) is 6.07 Å². The molecule has 0 saturated heterocycles. The third-order valence-electron chi connectivity index (χ3n) is 4.29. The normalized spacial score (nSPS) is 13.0. The van der Waals surface area contributed by atoms with Crippen LogP contribution < -0.4 is 21.5 Å². The van der Waals surface area contributed by atoms with Crippen LogP contribution in [0, 0.1) is 11.3 Å². The van der Waals surface area contributed by atoms with Gasteiger partial charge in [0.2, 0.25) is 17.7 Å². The fourth-order valence-corrected chi connectivity index (χ4v) is 2.87. The van der Waals surface area contributed by atoms with Crippen molar-refractivity contribution in [1.82, 2.24) is 9.97 Å². The van der Waals surface area contributed by atoms with Crippen LogP contribution in [0.3, 0.4) is 0 Å². The fraction of sp³-hybridized carbons (Fsp3) is 0.316. The summed E-state index contributed by atoms with van der Waals surface area (Å²) in [4.78, 5) is 31.5. The Labute approximate surface area is 180 Å². The predicted octanol–water partition coefficient (Wildman–Crippen LogP) is 1.87. The molecular formula is C19H19F3N6O4. The lowest BCUT2D eigenvalue weighted by Gasteiger charge is -2.22. The molecule has 2 atom stereocenters. The van der Waals surface area contributed by atoms with Crippen molar-refractivity contribution in [2.24, 2.45) is 5.73 Å². The molecule has 0 aliphatic carbocycles. The standard InChI is InChI=1S/C19H19F3N6O4/c1-2-32-16-12(8-23)14(27-18(25)28-16)11(17(30)31)7-13(15(24)29)26-10-5-3-4-9(6-10)19(20,21)22/h3-6,11,13,26H,2,7H2,1H3,(H2,24,29)(H,30,31)(H2,25,27,28)/t11?,13-/m0/s1. The number of carboxylic acids is 1. The number of alkyl halides is 3. The van der Waals surface area contributed by atoms with Gasteiger partial charge in [0.15, 0.2) is 0 Å². The zero-order valence-corrected chi connectivity index (χ0v) is 16.7. The number of rotatable bonds is 9. The number of nitrogens with one attached hydrogen (secondary N) is 1. The predicted molar refractivity (Wildman–Crippen MR) is 105 cm³/mol. The SMILES string of the molecule is CCOc1nc(N)nc(C(C[C@H](Nc2cccc(C(F)(F)F)c2)C(N)=O)C(=O)O)c1C#N. The van der Waals surface area contributed by atoms with Crippen molar-refractivity contribution in [3.63, 3.8) is 0 Å². The summed E-state index contributed by atoms with van der Waals surface area (Å²) in [6.45, 7) is 1.71. The summed E-state index contributed by atoms with van der Waals surface area (Å²) in [7, 11) is 0. The summed E-state index contributed by atoms with van der Waals surface area (Å²) in [6, 6.07) is 4.30.